The molecule has 1 aromatic rings. The fraction of sp³-hybridized carbons (Fsp3) is 0.545. The van der Waals surface area contributed by atoms with Crippen molar-refractivity contribution < 1.29 is 8.42 Å². The average molecular weight is 275 g/mol. The Bertz CT molecular complexity index is 504. The van der Waals surface area contributed by atoms with Gasteiger partial charge in [-0.05, 0) is 25.8 Å². The predicted octanol–water partition coefficient (Wildman–Crippen LogP) is 2.30. The smallest absolute Gasteiger partial charge is 0.246 e. The van der Waals surface area contributed by atoms with Crippen molar-refractivity contribution in [3.05, 3.63) is 23.5 Å². The Morgan fingerprint density at radius 3 is 2.88 bits per heavy atom. The maximum absolute atomic E-state index is 12.4. The van der Waals surface area contributed by atoms with E-state index in [0.717, 1.165) is 19.3 Å². The molecule has 0 aliphatic carbocycles. The van der Waals surface area contributed by atoms with Crippen LogP contribution in [0.3, 0.4) is 0 Å². The molecule has 1 aromatic heterocycles. The number of rotatable bonds is 2. The summed E-state index contributed by atoms with van der Waals surface area (Å²) in [7, 11) is -3.50. The molecule has 2 heterocycles. The van der Waals surface area contributed by atoms with Gasteiger partial charge in [0.05, 0.1) is 5.02 Å². The molecule has 0 aromatic carbocycles. The summed E-state index contributed by atoms with van der Waals surface area (Å²) in [4.78, 5) is 3.95. The van der Waals surface area contributed by atoms with E-state index in [1.54, 1.807) is 0 Å². The van der Waals surface area contributed by atoms with Crippen molar-refractivity contribution in [2.75, 3.05) is 6.54 Å². The first-order chi connectivity index (χ1) is 8.03. The van der Waals surface area contributed by atoms with Gasteiger partial charge in [-0.15, -0.1) is 0 Å². The molecular weight excluding hydrogens is 260 g/mol. The Morgan fingerprint density at radius 2 is 2.24 bits per heavy atom. The van der Waals surface area contributed by atoms with Crippen LogP contribution in [0.5, 0.6) is 0 Å². The van der Waals surface area contributed by atoms with Gasteiger partial charge in [0, 0.05) is 25.0 Å². The van der Waals surface area contributed by atoms with Gasteiger partial charge in [0.1, 0.15) is 4.90 Å². The van der Waals surface area contributed by atoms with E-state index in [4.69, 9.17) is 11.6 Å². The third-order valence-corrected chi connectivity index (χ3v) is 5.55. The molecule has 0 saturated carbocycles. The van der Waals surface area contributed by atoms with Crippen LogP contribution in [0, 0.1) is 0 Å². The van der Waals surface area contributed by atoms with Gasteiger partial charge in [0.25, 0.3) is 0 Å². The van der Waals surface area contributed by atoms with Crippen LogP contribution >= 0.6 is 11.6 Å². The van der Waals surface area contributed by atoms with Gasteiger partial charge < -0.3 is 0 Å². The number of piperidine rings is 1. The van der Waals surface area contributed by atoms with E-state index in [9.17, 15) is 8.42 Å². The number of hydrogen-bond acceptors (Lipinski definition) is 3. The second-order valence-corrected chi connectivity index (χ2v) is 6.53. The number of aromatic nitrogens is 1. The summed E-state index contributed by atoms with van der Waals surface area (Å²) in [5, 5.41) is 0.234. The van der Waals surface area contributed by atoms with Crippen molar-refractivity contribution in [2.24, 2.45) is 0 Å². The minimum absolute atomic E-state index is 0.0324. The van der Waals surface area contributed by atoms with Gasteiger partial charge in [0.2, 0.25) is 10.0 Å². The molecule has 0 N–H and O–H groups in total. The van der Waals surface area contributed by atoms with Crippen LogP contribution in [0.15, 0.2) is 23.4 Å². The van der Waals surface area contributed by atoms with Crippen molar-refractivity contribution >= 4 is 21.6 Å². The molecule has 4 nitrogen and oxygen atoms in total. The standard InChI is InChI=1S/C11H15ClN2O2S/c1-9-4-2-3-7-14(9)17(15,16)11-8-13-6-5-10(11)12/h5-6,8-9H,2-4,7H2,1H3. The van der Waals surface area contributed by atoms with Crippen molar-refractivity contribution in [3.63, 3.8) is 0 Å². The second kappa shape index (κ2) is 4.92. The molecule has 1 aliphatic rings. The first kappa shape index (κ1) is 12.8. The summed E-state index contributed by atoms with van der Waals surface area (Å²) >= 11 is 5.93. The van der Waals surface area contributed by atoms with E-state index in [0.29, 0.717) is 6.54 Å². The largest absolute Gasteiger partial charge is 0.263 e. The lowest BCUT2D eigenvalue weighted by molar-refractivity contribution is 0.268. The van der Waals surface area contributed by atoms with Crippen LogP contribution < -0.4 is 0 Å². The fourth-order valence-electron chi connectivity index (χ4n) is 2.11. The molecule has 1 fully saturated rings. The van der Waals surface area contributed by atoms with Crippen LogP contribution in [-0.2, 0) is 10.0 Å². The monoisotopic (exact) mass is 274 g/mol. The Kier molecular flexibility index (Phi) is 3.70. The highest BCUT2D eigenvalue weighted by Crippen LogP contribution is 2.28. The molecule has 17 heavy (non-hydrogen) atoms. The van der Waals surface area contributed by atoms with Crippen LogP contribution in [0.4, 0.5) is 0 Å². The third kappa shape index (κ3) is 2.46. The fourth-order valence-corrected chi connectivity index (χ4v) is 4.22. The maximum atomic E-state index is 12.4. The van der Waals surface area contributed by atoms with Gasteiger partial charge in [-0.25, -0.2) is 8.42 Å². The van der Waals surface area contributed by atoms with Crippen molar-refractivity contribution in [3.8, 4) is 0 Å². The first-order valence-electron chi connectivity index (χ1n) is 5.65. The lowest BCUT2D eigenvalue weighted by atomic mass is 10.1. The number of sulfonamides is 1. The molecular formula is C11H15ClN2O2S. The quantitative estimate of drug-likeness (QED) is 0.831. The summed E-state index contributed by atoms with van der Waals surface area (Å²) in [5.74, 6) is 0. The lowest BCUT2D eigenvalue weighted by Gasteiger charge is -2.32. The van der Waals surface area contributed by atoms with Crippen LogP contribution in [0.1, 0.15) is 26.2 Å². The Labute approximate surface area is 107 Å². The van der Waals surface area contributed by atoms with Gasteiger partial charge in [-0.2, -0.15) is 4.31 Å². The number of halogens is 1. The minimum atomic E-state index is -3.50. The molecule has 1 unspecified atom stereocenters. The Hall–Kier alpha value is -0.650. The summed E-state index contributed by atoms with van der Waals surface area (Å²) < 4.78 is 26.4. The first-order valence-corrected chi connectivity index (χ1v) is 7.46. The molecule has 0 spiro atoms. The lowest BCUT2D eigenvalue weighted by Crippen LogP contribution is -2.42. The highest BCUT2D eigenvalue weighted by atomic mass is 35.5. The summed E-state index contributed by atoms with van der Waals surface area (Å²) in [5.41, 5.74) is 0. The molecule has 94 valence electrons. The number of hydrogen-bond donors (Lipinski definition) is 0. The van der Waals surface area contributed by atoms with E-state index >= 15 is 0 Å². The van der Waals surface area contributed by atoms with E-state index in [1.165, 1.54) is 22.8 Å². The van der Waals surface area contributed by atoms with Crippen molar-refractivity contribution in [2.45, 2.75) is 37.1 Å². The Morgan fingerprint density at radius 1 is 1.47 bits per heavy atom. The topological polar surface area (TPSA) is 50.3 Å². The predicted molar refractivity (Wildman–Crippen MR) is 66.5 cm³/mol. The van der Waals surface area contributed by atoms with Crippen molar-refractivity contribution in [1.82, 2.24) is 9.29 Å². The molecule has 6 heteroatoms. The highest BCUT2D eigenvalue weighted by Gasteiger charge is 2.32. The van der Waals surface area contributed by atoms with Gasteiger partial charge in [-0.3, -0.25) is 4.98 Å². The normalized spacial score (nSPS) is 22.6. The SMILES string of the molecule is CC1CCCCN1S(=O)(=O)c1cnccc1Cl. The average Bonchev–Trinajstić information content (AvgIpc) is 2.29. The maximum Gasteiger partial charge on any atom is 0.246 e. The van der Waals surface area contributed by atoms with Crippen LogP contribution in [0.2, 0.25) is 5.02 Å². The van der Waals surface area contributed by atoms with Crippen LogP contribution in [0.25, 0.3) is 0 Å². The summed E-state index contributed by atoms with van der Waals surface area (Å²) in [6, 6.07) is 1.54. The Balaban J connectivity index is 2.39. The third-order valence-electron chi connectivity index (χ3n) is 3.06. The molecule has 0 amide bonds. The molecule has 2 rings (SSSR count). The summed E-state index contributed by atoms with van der Waals surface area (Å²) in [6.07, 6.45) is 5.69. The zero-order valence-corrected chi connectivity index (χ0v) is 11.2. The molecule has 1 atom stereocenters. The summed E-state index contributed by atoms with van der Waals surface area (Å²) in [6.45, 7) is 2.50. The van der Waals surface area contributed by atoms with E-state index in [-0.39, 0.29) is 16.0 Å². The van der Waals surface area contributed by atoms with Gasteiger partial charge >= 0.3 is 0 Å². The molecule has 1 saturated heterocycles. The van der Waals surface area contributed by atoms with Gasteiger partial charge in [-0.1, -0.05) is 18.0 Å². The molecule has 0 radical (unpaired) electrons. The second-order valence-electron chi connectivity index (χ2n) is 4.27. The molecule has 1 aliphatic heterocycles. The van der Waals surface area contributed by atoms with E-state index in [1.807, 2.05) is 6.92 Å². The minimum Gasteiger partial charge on any atom is -0.263 e. The number of nitrogens with zero attached hydrogens (tertiary/aromatic N) is 2. The highest BCUT2D eigenvalue weighted by molar-refractivity contribution is 7.89. The molecule has 0 bridgehead atoms. The zero-order valence-electron chi connectivity index (χ0n) is 9.63. The van der Waals surface area contributed by atoms with E-state index in [2.05, 4.69) is 4.98 Å². The van der Waals surface area contributed by atoms with Crippen LogP contribution in [-0.4, -0.2) is 30.3 Å². The number of pyridine rings is 1. The van der Waals surface area contributed by atoms with Gasteiger partial charge in [0.15, 0.2) is 0 Å². The van der Waals surface area contributed by atoms with E-state index < -0.39 is 10.0 Å². The zero-order chi connectivity index (χ0) is 12.5. The van der Waals surface area contributed by atoms with Crippen molar-refractivity contribution in [1.29, 1.82) is 0 Å².